The summed E-state index contributed by atoms with van der Waals surface area (Å²) in [5.41, 5.74) is 6.30. The molecule has 0 unspecified atom stereocenters. The number of para-hydroxylation sites is 2. The topological polar surface area (TPSA) is 46.9 Å². The van der Waals surface area contributed by atoms with E-state index in [9.17, 15) is 4.79 Å². The average Bonchev–Trinajstić information content (AvgIpc) is 3.07. The number of carbonyl (C=O) groups is 1. The molecule has 146 valence electrons. The fourth-order valence-corrected chi connectivity index (χ4v) is 3.58. The van der Waals surface area contributed by atoms with Gasteiger partial charge in [0.2, 0.25) is 0 Å². The monoisotopic (exact) mass is 383 g/mol. The van der Waals surface area contributed by atoms with Gasteiger partial charge in [-0.3, -0.25) is 4.79 Å². The van der Waals surface area contributed by atoms with Crippen LogP contribution in [-0.4, -0.2) is 22.0 Å². The predicted molar refractivity (Wildman–Crippen MR) is 117 cm³/mol. The second-order valence-electron chi connectivity index (χ2n) is 7.41. The summed E-state index contributed by atoms with van der Waals surface area (Å²) in [5, 5.41) is 3.04. The summed E-state index contributed by atoms with van der Waals surface area (Å²) in [4.78, 5) is 17.3. The van der Waals surface area contributed by atoms with Crippen LogP contribution in [0.5, 0.6) is 0 Å². The molecule has 4 nitrogen and oxygen atoms in total. The summed E-state index contributed by atoms with van der Waals surface area (Å²) in [5.74, 6) is 0.946. The fourth-order valence-electron chi connectivity index (χ4n) is 3.58. The molecule has 0 saturated heterocycles. The van der Waals surface area contributed by atoms with E-state index in [-0.39, 0.29) is 5.91 Å². The SMILES string of the molecule is Cc1ccc(Cn2c(CCNC(=O)c3ccccc3C)nc3ccccc32)cc1. The van der Waals surface area contributed by atoms with Crippen LogP contribution in [0.4, 0.5) is 0 Å². The molecule has 4 heteroatoms. The highest BCUT2D eigenvalue weighted by Crippen LogP contribution is 2.19. The third-order valence-corrected chi connectivity index (χ3v) is 5.22. The maximum Gasteiger partial charge on any atom is 0.251 e. The molecule has 1 amide bonds. The quantitative estimate of drug-likeness (QED) is 0.526. The van der Waals surface area contributed by atoms with Gasteiger partial charge in [-0.1, -0.05) is 60.2 Å². The minimum absolute atomic E-state index is 0.0377. The first kappa shape index (κ1) is 18.9. The molecule has 1 heterocycles. The van der Waals surface area contributed by atoms with Crippen molar-refractivity contribution < 1.29 is 4.79 Å². The summed E-state index contributed by atoms with van der Waals surface area (Å²) in [6.45, 7) is 5.36. The van der Waals surface area contributed by atoms with Gasteiger partial charge in [-0.15, -0.1) is 0 Å². The molecule has 0 spiro atoms. The van der Waals surface area contributed by atoms with E-state index in [0.29, 0.717) is 13.0 Å². The van der Waals surface area contributed by atoms with E-state index in [1.54, 1.807) is 0 Å². The van der Waals surface area contributed by atoms with Crippen LogP contribution in [0.2, 0.25) is 0 Å². The first-order valence-electron chi connectivity index (χ1n) is 9.95. The maximum absolute atomic E-state index is 12.5. The lowest BCUT2D eigenvalue weighted by Crippen LogP contribution is -2.27. The van der Waals surface area contributed by atoms with Gasteiger partial charge in [0, 0.05) is 25.1 Å². The lowest BCUT2D eigenvalue weighted by molar-refractivity contribution is 0.0953. The summed E-state index contributed by atoms with van der Waals surface area (Å²) in [6.07, 6.45) is 0.679. The van der Waals surface area contributed by atoms with Gasteiger partial charge in [0.25, 0.3) is 5.91 Å². The van der Waals surface area contributed by atoms with E-state index in [1.807, 2.05) is 49.4 Å². The molecule has 0 bridgehead atoms. The first-order valence-corrected chi connectivity index (χ1v) is 9.95. The molecular formula is C25H25N3O. The smallest absolute Gasteiger partial charge is 0.251 e. The number of carbonyl (C=O) groups excluding carboxylic acids is 1. The highest BCUT2D eigenvalue weighted by atomic mass is 16.1. The summed E-state index contributed by atoms with van der Waals surface area (Å²) < 4.78 is 2.25. The molecule has 0 aliphatic rings. The molecule has 0 saturated carbocycles. The molecular weight excluding hydrogens is 358 g/mol. The Morgan fingerprint density at radius 2 is 1.66 bits per heavy atom. The standard InChI is InChI=1S/C25H25N3O/c1-18-11-13-20(14-12-18)17-28-23-10-6-5-9-22(23)27-24(28)15-16-26-25(29)21-8-4-3-7-19(21)2/h3-14H,15-17H2,1-2H3,(H,26,29). The average molecular weight is 383 g/mol. The largest absolute Gasteiger partial charge is 0.352 e. The van der Waals surface area contributed by atoms with Crippen LogP contribution in [0.3, 0.4) is 0 Å². The maximum atomic E-state index is 12.5. The molecule has 1 N–H and O–H groups in total. The highest BCUT2D eigenvalue weighted by molar-refractivity contribution is 5.95. The zero-order chi connectivity index (χ0) is 20.2. The van der Waals surface area contributed by atoms with E-state index >= 15 is 0 Å². The summed E-state index contributed by atoms with van der Waals surface area (Å²) in [6, 6.07) is 24.4. The van der Waals surface area contributed by atoms with Gasteiger partial charge < -0.3 is 9.88 Å². The first-order chi connectivity index (χ1) is 14.1. The van der Waals surface area contributed by atoms with Crippen molar-refractivity contribution in [1.82, 2.24) is 14.9 Å². The second kappa shape index (κ2) is 8.31. The van der Waals surface area contributed by atoms with Crippen LogP contribution in [-0.2, 0) is 13.0 Å². The van der Waals surface area contributed by atoms with Crippen molar-refractivity contribution in [2.24, 2.45) is 0 Å². The highest BCUT2D eigenvalue weighted by Gasteiger charge is 2.12. The van der Waals surface area contributed by atoms with Crippen LogP contribution in [0.25, 0.3) is 11.0 Å². The lowest BCUT2D eigenvalue weighted by atomic mass is 10.1. The van der Waals surface area contributed by atoms with Crippen LogP contribution >= 0.6 is 0 Å². The van der Waals surface area contributed by atoms with Gasteiger partial charge >= 0.3 is 0 Å². The molecule has 0 aliphatic carbocycles. The van der Waals surface area contributed by atoms with Gasteiger partial charge in [0.05, 0.1) is 11.0 Å². The van der Waals surface area contributed by atoms with E-state index < -0.39 is 0 Å². The summed E-state index contributed by atoms with van der Waals surface area (Å²) in [7, 11) is 0. The number of nitrogens with one attached hydrogen (secondary N) is 1. The van der Waals surface area contributed by atoms with E-state index in [1.165, 1.54) is 11.1 Å². The van der Waals surface area contributed by atoms with E-state index in [2.05, 4.69) is 47.1 Å². The van der Waals surface area contributed by atoms with Crippen molar-refractivity contribution in [2.45, 2.75) is 26.8 Å². The normalized spacial score (nSPS) is 11.0. The van der Waals surface area contributed by atoms with Crippen molar-refractivity contribution >= 4 is 16.9 Å². The molecule has 0 fully saturated rings. The predicted octanol–water partition coefficient (Wildman–Crippen LogP) is 4.67. The number of hydrogen-bond donors (Lipinski definition) is 1. The molecule has 1 aromatic heterocycles. The number of aromatic nitrogens is 2. The zero-order valence-electron chi connectivity index (χ0n) is 16.9. The Kier molecular flexibility index (Phi) is 5.43. The van der Waals surface area contributed by atoms with Crippen molar-refractivity contribution in [3.8, 4) is 0 Å². The third-order valence-electron chi connectivity index (χ3n) is 5.22. The van der Waals surface area contributed by atoms with Crippen molar-refractivity contribution in [3.63, 3.8) is 0 Å². The Morgan fingerprint density at radius 1 is 0.931 bits per heavy atom. The zero-order valence-corrected chi connectivity index (χ0v) is 16.9. The number of fused-ring (bicyclic) bond motifs is 1. The van der Waals surface area contributed by atoms with Crippen molar-refractivity contribution in [1.29, 1.82) is 0 Å². The third kappa shape index (κ3) is 4.21. The van der Waals surface area contributed by atoms with Crippen LogP contribution < -0.4 is 5.32 Å². The molecule has 4 aromatic rings. The van der Waals surface area contributed by atoms with Crippen LogP contribution in [0.15, 0.2) is 72.8 Å². The number of amides is 1. The number of aryl methyl sites for hydroxylation is 2. The van der Waals surface area contributed by atoms with Gasteiger partial charge in [-0.2, -0.15) is 0 Å². The molecule has 29 heavy (non-hydrogen) atoms. The molecule has 0 radical (unpaired) electrons. The second-order valence-corrected chi connectivity index (χ2v) is 7.41. The fraction of sp³-hybridized carbons (Fsp3) is 0.200. The molecule has 0 atom stereocenters. The Balaban J connectivity index is 1.53. The molecule has 4 rings (SSSR count). The van der Waals surface area contributed by atoms with Gasteiger partial charge in [0.15, 0.2) is 0 Å². The number of hydrogen-bond acceptors (Lipinski definition) is 2. The lowest BCUT2D eigenvalue weighted by Gasteiger charge is -2.11. The van der Waals surface area contributed by atoms with Crippen molar-refractivity contribution in [3.05, 3.63) is 101 Å². The Labute approximate surface area is 171 Å². The number of nitrogens with zero attached hydrogens (tertiary/aromatic N) is 2. The van der Waals surface area contributed by atoms with Crippen molar-refractivity contribution in [2.75, 3.05) is 6.54 Å². The Morgan fingerprint density at radius 3 is 2.45 bits per heavy atom. The summed E-state index contributed by atoms with van der Waals surface area (Å²) >= 11 is 0. The molecule has 3 aromatic carbocycles. The van der Waals surface area contributed by atoms with Crippen LogP contribution in [0.1, 0.15) is 32.9 Å². The van der Waals surface area contributed by atoms with E-state index in [4.69, 9.17) is 4.98 Å². The number of rotatable bonds is 6. The van der Waals surface area contributed by atoms with Gasteiger partial charge in [-0.05, 0) is 43.2 Å². The minimum Gasteiger partial charge on any atom is -0.352 e. The molecule has 0 aliphatic heterocycles. The number of imidazole rings is 1. The van der Waals surface area contributed by atoms with Gasteiger partial charge in [-0.25, -0.2) is 4.98 Å². The Hall–Kier alpha value is -3.40. The van der Waals surface area contributed by atoms with Gasteiger partial charge in [0.1, 0.15) is 5.82 Å². The van der Waals surface area contributed by atoms with Crippen LogP contribution in [0, 0.1) is 13.8 Å². The number of benzene rings is 3. The minimum atomic E-state index is -0.0377. The Bertz CT molecular complexity index is 1140. The van der Waals surface area contributed by atoms with E-state index in [0.717, 1.165) is 34.5 Å².